The molecule has 0 amide bonds. The molecule has 2 rings (SSSR count). The van der Waals surface area contributed by atoms with Crippen LogP contribution in [0.25, 0.3) is 0 Å². The van der Waals surface area contributed by atoms with Gasteiger partial charge in [-0.25, -0.2) is 8.42 Å². The van der Waals surface area contributed by atoms with Crippen molar-refractivity contribution in [1.82, 2.24) is 0 Å². The van der Waals surface area contributed by atoms with E-state index < -0.39 is 10.0 Å². The van der Waals surface area contributed by atoms with Gasteiger partial charge < -0.3 is 10.8 Å². The molecule has 5 nitrogen and oxygen atoms in total. The molecule has 4 N–H and O–H groups in total. The number of phenolic OH excluding ortho intramolecular Hbond substituents is 1. The third-order valence-corrected chi connectivity index (χ3v) is 4.20. The Hall–Kier alpha value is -2.12. The van der Waals surface area contributed by atoms with E-state index in [-0.39, 0.29) is 15.6 Å². The van der Waals surface area contributed by atoms with Crippen LogP contribution in [0.15, 0.2) is 53.4 Å². The van der Waals surface area contributed by atoms with Crippen molar-refractivity contribution < 1.29 is 13.5 Å². The molecule has 2 aromatic rings. The van der Waals surface area contributed by atoms with Crippen LogP contribution < -0.4 is 10.5 Å². The van der Waals surface area contributed by atoms with Crippen LogP contribution in [0.5, 0.6) is 5.75 Å². The SMILES string of the molecule is NC(=S)c1ccc(S(=O)(=O)Nc2ccc(O)cc2)cc1. The summed E-state index contributed by atoms with van der Waals surface area (Å²) in [5.74, 6) is 0.0637. The molecular weight excluding hydrogens is 296 g/mol. The van der Waals surface area contributed by atoms with Crippen LogP contribution in [0.2, 0.25) is 0 Å². The van der Waals surface area contributed by atoms with Crippen LogP contribution in [0.1, 0.15) is 5.56 Å². The highest BCUT2D eigenvalue weighted by molar-refractivity contribution is 7.92. The van der Waals surface area contributed by atoms with Crippen molar-refractivity contribution in [3.8, 4) is 5.75 Å². The highest BCUT2D eigenvalue weighted by Gasteiger charge is 2.14. The maximum absolute atomic E-state index is 12.1. The lowest BCUT2D eigenvalue weighted by Gasteiger charge is -2.08. The zero-order valence-electron chi connectivity index (χ0n) is 10.3. The van der Waals surface area contributed by atoms with Crippen molar-refractivity contribution in [3.05, 3.63) is 54.1 Å². The number of anilines is 1. The molecule has 2 aromatic carbocycles. The lowest BCUT2D eigenvalue weighted by molar-refractivity contribution is 0.475. The number of sulfonamides is 1. The van der Waals surface area contributed by atoms with Crippen LogP contribution in [0, 0.1) is 0 Å². The number of hydrogen-bond acceptors (Lipinski definition) is 4. The van der Waals surface area contributed by atoms with E-state index in [4.69, 9.17) is 23.1 Å². The Bertz CT molecular complexity index is 723. The average Bonchev–Trinajstić information content (AvgIpc) is 2.41. The molecule has 7 heteroatoms. The minimum atomic E-state index is -3.68. The molecule has 0 aromatic heterocycles. The van der Waals surface area contributed by atoms with E-state index in [9.17, 15) is 8.42 Å². The first kappa shape index (κ1) is 14.3. The summed E-state index contributed by atoms with van der Waals surface area (Å²) in [7, 11) is -3.68. The Morgan fingerprint density at radius 2 is 1.60 bits per heavy atom. The van der Waals surface area contributed by atoms with E-state index >= 15 is 0 Å². The second-order valence-electron chi connectivity index (χ2n) is 4.04. The van der Waals surface area contributed by atoms with Crippen LogP contribution in [0.3, 0.4) is 0 Å². The van der Waals surface area contributed by atoms with E-state index in [1.54, 1.807) is 12.1 Å². The normalized spacial score (nSPS) is 11.0. The third kappa shape index (κ3) is 3.25. The lowest BCUT2D eigenvalue weighted by Crippen LogP contribution is -2.14. The molecule has 0 aliphatic rings. The second kappa shape index (κ2) is 5.48. The van der Waals surface area contributed by atoms with Crippen LogP contribution in [-0.4, -0.2) is 18.5 Å². The first-order valence-electron chi connectivity index (χ1n) is 5.60. The predicted octanol–water partition coefficient (Wildman–Crippen LogP) is 1.83. The van der Waals surface area contributed by atoms with Crippen molar-refractivity contribution in [2.24, 2.45) is 5.73 Å². The number of nitrogens with one attached hydrogen (secondary N) is 1. The minimum absolute atomic E-state index is 0.0637. The molecule has 0 spiro atoms. The smallest absolute Gasteiger partial charge is 0.261 e. The van der Waals surface area contributed by atoms with Crippen molar-refractivity contribution in [2.75, 3.05) is 4.72 Å². The van der Waals surface area contributed by atoms with Crippen LogP contribution in [-0.2, 0) is 10.0 Å². The van der Waals surface area contributed by atoms with Gasteiger partial charge in [0, 0.05) is 11.3 Å². The first-order chi connectivity index (χ1) is 9.38. The lowest BCUT2D eigenvalue weighted by atomic mass is 10.2. The van der Waals surface area contributed by atoms with E-state index in [1.807, 2.05) is 0 Å². The van der Waals surface area contributed by atoms with Gasteiger partial charge in [0.1, 0.15) is 10.7 Å². The zero-order chi connectivity index (χ0) is 14.8. The second-order valence-corrected chi connectivity index (χ2v) is 6.16. The molecule has 0 bridgehead atoms. The summed E-state index contributed by atoms with van der Waals surface area (Å²) < 4.78 is 26.7. The van der Waals surface area contributed by atoms with E-state index in [0.717, 1.165) is 0 Å². The van der Waals surface area contributed by atoms with Gasteiger partial charge in [0.25, 0.3) is 10.0 Å². The fourth-order valence-electron chi connectivity index (χ4n) is 1.54. The molecule has 104 valence electrons. The standard InChI is InChI=1S/C13H12N2O3S2/c14-13(19)9-1-7-12(8-2-9)20(17,18)15-10-3-5-11(16)6-4-10/h1-8,15-16H,(H2,14,19). The van der Waals surface area contributed by atoms with E-state index in [2.05, 4.69) is 4.72 Å². The predicted molar refractivity (Wildman–Crippen MR) is 81.2 cm³/mol. The molecule has 0 radical (unpaired) electrons. The van der Waals surface area contributed by atoms with Crippen LogP contribution >= 0.6 is 12.2 Å². The molecule has 0 unspecified atom stereocenters. The number of thiocarbonyl (C=S) groups is 1. The van der Waals surface area contributed by atoms with Crippen LogP contribution in [0.4, 0.5) is 5.69 Å². The summed E-state index contributed by atoms with van der Waals surface area (Å²) in [4.78, 5) is 0.311. The molecule has 0 atom stereocenters. The monoisotopic (exact) mass is 308 g/mol. The molecule has 0 aliphatic carbocycles. The Morgan fingerprint density at radius 3 is 2.10 bits per heavy atom. The molecule has 0 aliphatic heterocycles. The summed E-state index contributed by atoms with van der Waals surface area (Å²) in [6.45, 7) is 0. The van der Waals surface area contributed by atoms with Gasteiger partial charge in [0.15, 0.2) is 0 Å². The number of hydrogen-bond donors (Lipinski definition) is 3. The van der Waals surface area contributed by atoms with Gasteiger partial charge in [-0.05, 0) is 36.4 Å². The number of aromatic hydroxyl groups is 1. The van der Waals surface area contributed by atoms with Gasteiger partial charge >= 0.3 is 0 Å². The van der Waals surface area contributed by atoms with Gasteiger partial charge in [0.2, 0.25) is 0 Å². The van der Waals surface area contributed by atoms with Gasteiger partial charge in [0.05, 0.1) is 4.90 Å². The maximum Gasteiger partial charge on any atom is 0.261 e. The highest BCUT2D eigenvalue weighted by Crippen LogP contribution is 2.19. The molecule has 0 saturated heterocycles. The molecule has 0 saturated carbocycles. The Morgan fingerprint density at radius 1 is 1.05 bits per heavy atom. The summed E-state index contributed by atoms with van der Waals surface area (Å²) in [6.07, 6.45) is 0. The number of phenols is 1. The Balaban J connectivity index is 2.26. The van der Waals surface area contributed by atoms with Crippen molar-refractivity contribution in [3.63, 3.8) is 0 Å². The quantitative estimate of drug-likeness (QED) is 0.592. The zero-order valence-corrected chi connectivity index (χ0v) is 11.9. The summed E-state index contributed by atoms with van der Waals surface area (Å²) in [6, 6.07) is 11.7. The van der Waals surface area contributed by atoms with Gasteiger partial charge in [-0.2, -0.15) is 0 Å². The van der Waals surface area contributed by atoms with Gasteiger partial charge in [-0.3, -0.25) is 4.72 Å². The summed E-state index contributed by atoms with van der Waals surface area (Å²) in [5, 5.41) is 9.15. The number of benzene rings is 2. The largest absolute Gasteiger partial charge is 0.508 e. The molecule has 20 heavy (non-hydrogen) atoms. The molecular formula is C13H12N2O3S2. The first-order valence-corrected chi connectivity index (χ1v) is 7.49. The summed E-state index contributed by atoms with van der Waals surface area (Å²) >= 11 is 4.80. The van der Waals surface area contributed by atoms with E-state index in [1.165, 1.54) is 36.4 Å². The van der Waals surface area contributed by atoms with Gasteiger partial charge in [-0.1, -0.05) is 24.4 Å². The van der Waals surface area contributed by atoms with Crippen molar-refractivity contribution in [1.29, 1.82) is 0 Å². The number of nitrogens with two attached hydrogens (primary N) is 1. The van der Waals surface area contributed by atoms with Crippen molar-refractivity contribution >= 4 is 32.9 Å². The third-order valence-electron chi connectivity index (χ3n) is 2.57. The fourth-order valence-corrected chi connectivity index (χ4v) is 2.74. The fraction of sp³-hybridized carbons (Fsp3) is 0. The Kier molecular flexibility index (Phi) is 3.91. The van der Waals surface area contributed by atoms with E-state index in [0.29, 0.717) is 11.3 Å². The summed E-state index contributed by atoms with van der Waals surface area (Å²) in [5.41, 5.74) is 6.42. The number of rotatable bonds is 4. The van der Waals surface area contributed by atoms with Gasteiger partial charge in [-0.15, -0.1) is 0 Å². The highest BCUT2D eigenvalue weighted by atomic mass is 32.2. The molecule has 0 heterocycles. The topological polar surface area (TPSA) is 92.4 Å². The average molecular weight is 308 g/mol. The minimum Gasteiger partial charge on any atom is -0.508 e. The maximum atomic E-state index is 12.1. The van der Waals surface area contributed by atoms with Crippen molar-refractivity contribution in [2.45, 2.75) is 4.90 Å². The molecule has 0 fully saturated rings. The Labute approximate surface area is 122 Å².